The third-order valence-corrected chi connectivity index (χ3v) is 4.23. The fraction of sp³-hybridized carbons (Fsp3) is 0.714. The van der Waals surface area contributed by atoms with Crippen molar-refractivity contribution < 1.29 is 9.32 Å². The number of hydrogen-bond donors (Lipinski definition) is 2. The second-order valence-electron chi connectivity index (χ2n) is 5.84. The predicted octanol–water partition coefficient (Wildman–Crippen LogP) is 0.995. The van der Waals surface area contributed by atoms with Crippen LogP contribution in [0, 0.1) is 12.8 Å². The van der Waals surface area contributed by atoms with Crippen molar-refractivity contribution in [3.8, 4) is 0 Å². The van der Waals surface area contributed by atoms with Crippen LogP contribution in [0.15, 0.2) is 10.6 Å². The number of aryl methyl sites for hydroxylation is 1. The highest BCUT2D eigenvalue weighted by Crippen LogP contribution is 2.24. The van der Waals surface area contributed by atoms with Crippen LogP contribution < -0.4 is 10.6 Å². The number of anilines is 1. The van der Waals surface area contributed by atoms with Crippen LogP contribution >= 0.6 is 0 Å². The smallest absolute Gasteiger partial charge is 0.226 e. The molecule has 20 heavy (non-hydrogen) atoms. The Kier molecular flexibility index (Phi) is 4.03. The number of nitrogens with zero attached hydrogens (tertiary/aromatic N) is 2. The van der Waals surface area contributed by atoms with Crippen molar-refractivity contribution in [3.05, 3.63) is 11.8 Å². The van der Waals surface area contributed by atoms with Gasteiger partial charge in [-0.25, -0.2) is 0 Å². The Bertz CT molecular complexity index is 459. The summed E-state index contributed by atoms with van der Waals surface area (Å²) in [6.45, 7) is 5.95. The van der Waals surface area contributed by atoms with Crippen LogP contribution in [0.25, 0.3) is 0 Å². The summed E-state index contributed by atoms with van der Waals surface area (Å²) in [6.07, 6.45) is 3.10. The fourth-order valence-electron chi connectivity index (χ4n) is 3.21. The van der Waals surface area contributed by atoms with E-state index in [1.165, 1.54) is 12.8 Å². The Morgan fingerprint density at radius 1 is 1.60 bits per heavy atom. The first-order valence-corrected chi connectivity index (χ1v) is 7.39. The zero-order chi connectivity index (χ0) is 13.9. The highest BCUT2D eigenvalue weighted by molar-refractivity contribution is 5.89. The van der Waals surface area contributed by atoms with E-state index in [1.807, 2.05) is 6.92 Å². The molecule has 1 aromatic heterocycles. The van der Waals surface area contributed by atoms with Crippen LogP contribution in [0.1, 0.15) is 25.0 Å². The van der Waals surface area contributed by atoms with Gasteiger partial charge < -0.3 is 20.1 Å². The molecular formula is C14H22N4O2. The average Bonchev–Trinajstić information content (AvgIpc) is 3.02. The van der Waals surface area contributed by atoms with E-state index in [-0.39, 0.29) is 5.91 Å². The van der Waals surface area contributed by atoms with E-state index in [2.05, 4.69) is 20.7 Å². The van der Waals surface area contributed by atoms with Crippen LogP contribution in [0.4, 0.5) is 5.82 Å². The molecule has 6 heteroatoms. The second-order valence-corrected chi connectivity index (χ2v) is 5.84. The first kappa shape index (κ1) is 13.6. The second kappa shape index (κ2) is 5.93. The quantitative estimate of drug-likeness (QED) is 0.859. The standard InChI is InChI=1S/C14H22N4O2/c1-10-7-13(17-20-10)16-14(19)4-6-18-8-11-3-2-5-15-12(11)9-18/h7,11-12,15H,2-6,8-9H2,1H3,(H,16,17,19). The maximum atomic E-state index is 11.9. The molecule has 2 aliphatic heterocycles. The van der Waals surface area contributed by atoms with E-state index in [0.29, 0.717) is 24.0 Å². The number of carbonyl (C=O) groups is 1. The molecule has 0 radical (unpaired) electrons. The van der Waals surface area contributed by atoms with E-state index in [1.54, 1.807) is 6.07 Å². The molecule has 2 atom stereocenters. The van der Waals surface area contributed by atoms with Crippen molar-refractivity contribution in [1.82, 2.24) is 15.4 Å². The Balaban J connectivity index is 1.42. The molecular weight excluding hydrogens is 256 g/mol. The summed E-state index contributed by atoms with van der Waals surface area (Å²) in [7, 11) is 0. The number of fused-ring (bicyclic) bond motifs is 1. The number of hydrogen-bond acceptors (Lipinski definition) is 5. The minimum absolute atomic E-state index is 0.00105. The Morgan fingerprint density at radius 3 is 3.25 bits per heavy atom. The molecule has 110 valence electrons. The summed E-state index contributed by atoms with van der Waals surface area (Å²) in [6, 6.07) is 2.36. The summed E-state index contributed by atoms with van der Waals surface area (Å²) in [5.74, 6) is 1.98. The van der Waals surface area contributed by atoms with Crippen LogP contribution in [0.3, 0.4) is 0 Å². The molecule has 3 heterocycles. The number of likely N-dealkylation sites (tertiary alicyclic amines) is 1. The fourth-order valence-corrected chi connectivity index (χ4v) is 3.21. The third-order valence-electron chi connectivity index (χ3n) is 4.23. The van der Waals surface area contributed by atoms with Crippen LogP contribution in [0.5, 0.6) is 0 Å². The molecule has 2 saturated heterocycles. The molecule has 1 aromatic rings. The lowest BCUT2D eigenvalue weighted by Crippen LogP contribution is -2.40. The molecule has 2 fully saturated rings. The number of carbonyl (C=O) groups excluding carboxylic acids is 1. The van der Waals surface area contributed by atoms with Crippen LogP contribution in [-0.4, -0.2) is 48.2 Å². The van der Waals surface area contributed by atoms with Gasteiger partial charge in [0.15, 0.2) is 5.82 Å². The lowest BCUT2D eigenvalue weighted by atomic mass is 9.94. The minimum atomic E-state index is 0.00105. The van der Waals surface area contributed by atoms with E-state index >= 15 is 0 Å². The Hall–Kier alpha value is -1.40. The zero-order valence-corrected chi connectivity index (χ0v) is 11.9. The third kappa shape index (κ3) is 3.19. The highest BCUT2D eigenvalue weighted by atomic mass is 16.5. The van der Waals surface area contributed by atoms with Crippen molar-refractivity contribution >= 4 is 11.7 Å². The predicted molar refractivity (Wildman–Crippen MR) is 75.4 cm³/mol. The number of piperidine rings is 1. The number of nitrogens with one attached hydrogen (secondary N) is 2. The number of aromatic nitrogens is 1. The van der Waals surface area contributed by atoms with Crippen LogP contribution in [-0.2, 0) is 4.79 Å². The van der Waals surface area contributed by atoms with Gasteiger partial charge in [0.25, 0.3) is 0 Å². The van der Waals surface area contributed by atoms with Crippen LogP contribution in [0.2, 0.25) is 0 Å². The van der Waals surface area contributed by atoms with Crippen molar-refractivity contribution in [2.45, 2.75) is 32.2 Å². The van der Waals surface area contributed by atoms with Gasteiger partial charge in [-0.1, -0.05) is 5.16 Å². The molecule has 0 aliphatic carbocycles. The van der Waals surface area contributed by atoms with Crippen molar-refractivity contribution in [2.24, 2.45) is 5.92 Å². The summed E-state index contributed by atoms with van der Waals surface area (Å²) < 4.78 is 4.92. The summed E-state index contributed by atoms with van der Waals surface area (Å²) >= 11 is 0. The first-order chi connectivity index (χ1) is 9.70. The molecule has 0 spiro atoms. The summed E-state index contributed by atoms with van der Waals surface area (Å²) in [4.78, 5) is 14.2. The largest absolute Gasteiger partial charge is 0.360 e. The van der Waals surface area contributed by atoms with Gasteiger partial charge in [0.05, 0.1) is 0 Å². The number of rotatable bonds is 4. The van der Waals surface area contributed by atoms with Crippen molar-refractivity contribution in [2.75, 3.05) is 31.5 Å². The lowest BCUT2D eigenvalue weighted by Gasteiger charge is -2.24. The van der Waals surface area contributed by atoms with E-state index < -0.39 is 0 Å². The van der Waals surface area contributed by atoms with E-state index in [9.17, 15) is 4.79 Å². The monoisotopic (exact) mass is 278 g/mol. The minimum Gasteiger partial charge on any atom is -0.360 e. The lowest BCUT2D eigenvalue weighted by molar-refractivity contribution is -0.116. The number of amides is 1. The maximum Gasteiger partial charge on any atom is 0.226 e. The van der Waals surface area contributed by atoms with Crippen molar-refractivity contribution in [1.29, 1.82) is 0 Å². The van der Waals surface area contributed by atoms with Gasteiger partial charge >= 0.3 is 0 Å². The van der Waals surface area contributed by atoms with Gasteiger partial charge in [-0.3, -0.25) is 4.79 Å². The molecule has 2 unspecified atom stereocenters. The molecule has 0 saturated carbocycles. The molecule has 2 N–H and O–H groups in total. The Morgan fingerprint density at radius 2 is 2.50 bits per heavy atom. The summed E-state index contributed by atoms with van der Waals surface area (Å²) in [5.41, 5.74) is 0. The van der Waals surface area contributed by atoms with Crippen molar-refractivity contribution in [3.63, 3.8) is 0 Å². The highest BCUT2D eigenvalue weighted by Gasteiger charge is 2.33. The molecule has 6 nitrogen and oxygen atoms in total. The maximum absolute atomic E-state index is 11.9. The SMILES string of the molecule is Cc1cc(NC(=O)CCN2CC3CCCNC3C2)no1. The first-order valence-electron chi connectivity index (χ1n) is 7.39. The molecule has 1 amide bonds. The molecule has 0 aromatic carbocycles. The van der Waals surface area contributed by atoms with E-state index in [4.69, 9.17) is 4.52 Å². The molecule has 2 aliphatic rings. The van der Waals surface area contributed by atoms with Gasteiger partial charge in [0.1, 0.15) is 5.76 Å². The van der Waals surface area contributed by atoms with Gasteiger partial charge in [-0.2, -0.15) is 0 Å². The van der Waals surface area contributed by atoms with Gasteiger partial charge in [-0.15, -0.1) is 0 Å². The normalized spacial score (nSPS) is 26.4. The van der Waals surface area contributed by atoms with Gasteiger partial charge in [0, 0.05) is 38.2 Å². The molecule has 3 rings (SSSR count). The zero-order valence-electron chi connectivity index (χ0n) is 11.9. The Labute approximate surface area is 118 Å². The molecule has 0 bridgehead atoms. The van der Waals surface area contributed by atoms with Gasteiger partial charge in [-0.05, 0) is 32.2 Å². The van der Waals surface area contributed by atoms with Gasteiger partial charge in [0.2, 0.25) is 5.91 Å². The summed E-state index contributed by atoms with van der Waals surface area (Å²) in [5, 5.41) is 10.1. The topological polar surface area (TPSA) is 70.4 Å². The average molecular weight is 278 g/mol. The van der Waals surface area contributed by atoms with E-state index in [0.717, 1.165) is 32.1 Å².